The summed E-state index contributed by atoms with van der Waals surface area (Å²) in [6.45, 7) is -0.634. The van der Waals surface area contributed by atoms with Crippen LogP contribution in [0, 0.1) is 0 Å². The van der Waals surface area contributed by atoms with E-state index in [1.165, 1.54) is 0 Å². The third-order valence-corrected chi connectivity index (χ3v) is 0.744. The molecule has 0 saturated heterocycles. The monoisotopic (exact) mass is 133 g/mol. The van der Waals surface area contributed by atoms with Crippen LogP contribution in [0.25, 0.3) is 0 Å². The van der Waals surface area contributed by atoms with Crippen LogP contribution in [-0.2, 0) is 9.59 Å². The molecule has 0 aromatic carbocycles. The Balaban J connectivity index is 3.88. The Labute approximate surface area is 51.1 Å². The maximum Gasteiger partial charge on any atom is 0.373 e. The van der Waals surface area contributed by atoms with Gasteiger partial charge >= 0.3 is 5.97 Å². The first-order valence-corrected chi connectivity index (χ1v) is 2.23. The number of aliphatic carboxylic acids is 1. The van der Waals surface area contributed by atoms with Crippen LogP contribution in [0.15, 0.2) is 0 Å². The number of hydrogen-bond acceptors (Lipinski definition) is 4. The molecule has 4 N–H and O–H groups in total. The minimum atomic E-state index is -1.61. The molecule has 0 aliphatic rings. The van der Waals surface area contributed by atoms with Crippen LogP contribution in [0.2, 0.25) is 0 Å². The fraction of sp³-hybridized carbons (Fsp3) is 0.500. The van der Waals surface area contributed by atoms with E-state index in [2.05, 4.69) is 0 Å². The van der Waals surface area contributed by atoms with E-state index < -0.39 is 24.4 Å². The lowest BCUT2D eigenvalue weighted by molar-refractivity contribution is -0.150. The molecule has 1 atom stereocenters. The number of carboxylic acids is 1. The first kappa shape index (κ1) is 8.06. The predicted molar refractivity (Wildman–Crippen MR) is 27.7 cm³/mol. The smallest absolute Gasteiger partial charge is 0.373 e. The molecule has 0 amide bonds. The second-order valence-electron chi connectivity index (χ2n) is 1.46. The largest absolute Gasteiger partial charge is 0.475 e. The molecule has 0 spiro atoms. The standard InChI is InChI=1S/C4H7NO4/c5-2(1-6)3(7)4(8)9/h2,6H,1,5H2,(H,8,9). The lowest BCUT2D eigenvalue weighted by atomic mass is 10.2. The number of nitrogens with two attached hydrogens (primary N) is 1. The number of carbonyl (C=O) groups excluding carboxylic acids is 1. The molecule has 0 aliphatic heterocycles. The normalized spacial score (nSPS) is 12.7. The Kier molecular flexibility index (Phi) is 2.83. The van der Waals surface area contributed by atoms with Gasteiger partial charge in [0.05, 0.1) is 12.6 Å². The molecule has 9 heavy (non-hydrogen) atoms. The van der Waals surface area contributed by atoms with Crippen LogP contribution in [0.5, 0.6) is 0 Å². The highest BCUT2D eigenvalue weighted by Gasteiger charge is 2.19. The van der Waals surface area contributed by atoms with Crippen LogP contribution >= 0.6 is 0 Å². The number of carboxylic acid groups (broad SMARTS) is 1. The number of rotatable bonds is 3. The van der Waals surface area contributed by atoms with Gasteiger partial charge in [-0.3, -0.25) is 4.79 Å². The lowest BCUT2D eigenvalue weighted by Gasteiger charge is -1.99. The van der Waals surface area contributed by atoms with Gasteiger partial charge < -0.3 is 15.9 Å². The molecule has 0 aromatic heterocycles. The number of ketones is 1. The van der Waals surface area contributed by atoms with Crippen molar-refractivity contribution in [1.29, 1.82) is 0 Å². The molecule has 0 heterocycles. The van der Waals surface area contributed by atoms with Crippen LogP contribution < -0.4 is 5.73 Å². The van der Waals surface area contributed by atoms with Gasteiger partial charge in [-0.15, -0.1) is 0 Å². The predicted octanol–water partition coefficient (Wildman–Crippen LogP) is -2.04. The molecule has 52 valence electrons. The van der Waals surface area contributed by atoms with Gasteiger partial charge in [0.1, 0.15) is 0 Å². The van der Waals surface area contributed by atoms with Crippen molar-refractivity contribution in [2.75, 3.05) is 6.61 Å². The first-order valence-electron chi connectivity index (χ1n) is 2.23. The summed E-state index contributed by atoms with van der Waals surface area (Å²) in [6.07, 6.45) is 0. The van der Waals surface area contributed by atoms with Crippen molar-refractivity contribution in [3.63, 3.8) is 0 Å². The Morgan fingerprint density at radius 3 is 2.11 bits per heavy atom. The van der Waals surface area contributed by atoms with Crippen molar-refractivity contribution in [2.24, 2.45) is 5.73 Å². The van der Waals surface area contributed by atoms with Crippen molar-refractivity contribution in [3.05, 3.63) is 0 Å². The molecular formula is C4H7NO4. The van der Waals surface area contributed by atoms with Crippen molar-refractivity contribution < 1.29 is 19.8 Å². The van der Waals surface area contributed by atoms with Crippen molar-refractivity contribution in [3.8, 4) is 0 Å². The molecule has 5 heteroatoms. The van der Waals surface area contributed by atoms with E-state index in [4.69, 9.17) is 15.9 Å². The zero-order valence-electron chi connectivity index (χ0n) is 4.57. The van der Waals surface area contributed by atoms with E-state index in [0.29, 0.717) is 0 Å². The van der Waals surface area contributed by atoms with Gasteiger partial charge in [0.2, 0.25) is 0 Å². The third kappa shape index (κ3) is 2.20. The summed E-state index contributed by atoms with van der Waals surface area (Å²) >= 11 is 0. The molecule has 0 fully saturated rings. The van der Waals surface area contributed by atoms with Crippen LogP contribution in [0.1, 0.15) is 0 Å². The minimum Gasteiger partial charge on any atom is -0.475 e. The maximum atomic E-state index is 10.2. The summed E-state index contributed by atoms with van der Waals surface area (Å²) < 4.78 is 0. The summed E-state index contributed by atoms with van der Waals surface area (Å²) in [5.41, 5.74) is 4.84. The summed E-state index contributed by atoms with van der Waals surface area (Å²) in [5.74, 6) is -2.78. The first-order chi connectivity index (χ1) is 4.09. The Morgan fingerprint density at radius 2 is 2.00 bits per heavy atom. The average Bonchev–Trinajstić information content (AvgIpc) is 1.84. The number of aliphatic hydroxyl groups excluding tert-OH is 1. The van der Waals surface area contributed by atoms with Crippen LogP contribution in [-0.4, -0.2) is 34.6 Å². The summed E-state index contributed by atoms with van der Waals surface area (Å²) in [7, 11) is 0. The number of Topliss-reactive ketones (excluding diaryl/α,β-unsaturated/α-hetero) is 1. The molecule has 0 radical (unpaired) electrons. The van der Waals surface area contributed by atoms with Gasteiger partial charge in [-0.1, -0.05) is 0 Å². The fourth-order valence-corrected chi connectivity index (χ4v) is 0.242. The van der Waals surface area contributed by atoms with Crippen molar-refractivity contribution in [1.82, 2.24) is 0 Å². The van der Waals surface area contributed by atoms with Gasteiger partial charge in [-0.2, -0.15) is 0 Å². The van der Waals surface area contributed by atoms with Crippen LogP contribution in [0.4, 0.5) is 0 Å². The number of hydrogen-bond donors (Lipinski definition) is 3. The average molecular weight is 133 g/mol. The van der Waals surface area contributed by atoms with Gasteiger partial charge in [-0.25, -0.2) is 4.79 Å². The van der Waals surface area contributed by atoms with E-state index >= 15 is 0 Å². The molecule has 0 aliphatic carbocycles. The lowest BCUT2D eigenvalue weighted by Crippen LogP contribution is -2.38. The Morgan fingerprint density at radius 1 is 1.56 bits per heavy atom. The molecule has 0 bridgehead atoms. The van der Waals surface area contributed by atoms with Gasteiger partial charge in [0.15, 0.2) is 0 Å². The van der Waals surface area contributed by atoms with E-state index in [-0.39, 0.29) is 0 Å². The molecule has 1 unspecified atom stereocenters. The zero-order chi connectivity index (χ0) is 7.44. The fourth-order valence-electron chi connectivity index (χ4n) is 0.242. The Bertz CT molecular complexity index is 133. The molecule has 5 nitrogen and oxygen atoms in total. The number of carbonyl (C=O) groups is 2. The van der Waals surface area contributed by atoms with Crippen molar-refractivity contribution in [2.45, 2.75) is 6.04 Å². The topological polar surface area (TPSA) is 101 Å². The Hall–Kier alpha value is -0.940. The molecular weight excluding hydrogens is 126 g/mol. The van der Waals surface area contributed by atoms with E-state index in [0.717, 1.165) is 0 Å². The van der Waals surface area contributed by atoms with Crippen molar-refractivity contribution >= 4 is 11.8 Å². The zero-order valence-corrected chi connectivity index (χ0v) is 4.57. The van der Waals surface area contributed by atoms with E-state index in [9.17, 15) is 9.59 Å². The minimum absolute atomic E-state index is 0.634. The molecule has 0 rings (SSSR count). The second kappa shape index (κ2) is 3.16. The summed E-state index contributed by atoms with van der Waals surface area (Å²) in [4.78, 5) is 19.9. The van der Waals surface area contributed by atoms with E-state index in [1.54, 1.807) is 0 Å². The van der Waals surface area contributed by atoms with Gasteiger partial charge in [0.25, 0.3) is 5.78 Å². The number of aliphatic hydroxyl groups is 1. The SMILES string of the molecule is NC(CO)C(=O)C(=O)O. The molecule has 0 saturated carbocycles. The highest BCUT2D eigenvalue weighted by atomic mass is 16.4. The second-order valence-corrected chi connectivity index (χ2v) is 1.46. The van der Waals surface area contributed by atoms with Crippen LogP contribution in [0.3, 0.4) is 0 Å². The summed E-state index contributed by atoms with van der Waals surface area (Å²) in [5, 5.41) is 16.1. The maximum absolute atomic E-state index is 10.2. The quantitative estimate of drug-likeness (QED) is 0.385. The highest BCUT2D eigenvalue weighted by molar-refractivity contribution is 6.34. The highest BCUT2D eigenvalue weighted by Crippen LogP contribution is 1.78. The summed E-state index contributed by atoms with van der Waals surface area (Å²) in [6, 6.07) is -1.29. The van der Waals surface area contributed by atoms with Gasteiger partial charge in [-0.05, 0) is 0 Å². The third-order valence-electron chi connectivity index (χ3n) is 0.744. The van der Waals surface area contributed by atoms with Gasteiger partial charge in [0, 0.05) is 0 Å². The van der Waals surface area contributed by atoms with E-state index in [1.807, 2.05) is 0 Å². The molecule has 0 aromatic rings.